The lowest BCUT2D eigenvalue weighted by Crippen LogP contribution is -2.40. The fourth-order valence-electron chi connectivity index (χ4n) is 3.04. The summed E-state index contributed by atoms with van der Waals surface area (Å²) in [5.74, 6) is -0.438. The van der Waals surface area contributed by atoms with Gasteiger partial charge in [-0.15, -0.1) is 0 Å². The van der Waals surface area contributed by atoms with Crippen molar-refractivity contribution in [3.63, 3.8) is 0 Å². The molecule has 1 aliphatic carbocycles. The van der Waals surface area contributed by atoms with Crippen LogP contribution >= 0.6 is 0 Å². The Hall–Kier alpha value is -0.940. The van der Waals surface area contributed by atoms with Crippen molar-refractivity contribution in [2.75, 3.05) is 0 Å². The SMILES string of the molecule is CCCC1CCC(O)C(S(=O)(=O)c2ccccc2F)C1. The highest BCUT2D eigenvalue weighted by Crippen LogP contribution is 2.35. The minimum absolute atomic E-state index is 0.291. The van der Waals surface area contributed by atoms with E-state index in [1.807, 2.05) is 0 Å². The average molecular weight is 300 g/mol. The van der Waals surface area contributed by atoms with Crippen molar-refractivity contribution in [1.82, 2.24) is 0 Å². The van der Waals surface area contributed by atoms with Crippen LogP contribution in [0.4, 0.5) is 4.39 Å². The van der Waals surface area contributed by atoms with E-state index in [1.165, 1.54) is 18.2 Å². The molecule has 2 rings (SSSR count). The summed E-state index contributed by atoms with van der Waals surface area (Å²) in [6, 6.07) is 5.40. The van der Waals surface area contributed by atoms with Crippen LogP contribution < -0.4 is 0 Å². The number of hydrogen-bond donors (Lipinski definition) is 1. The van der Waals surface area contributed by atoms with Crippen molar-refractivity contribution < 1.29 is 17.9 Å². The van der Waals surface area contributed by atoms with Crippen LogP contribution in [0.15, 0.2) is 29.2 Å². The van der Waals surface area contributed by atoms with Crippen molar-refractivity contribution in [1.29, 1.82) is 0 Å². The third kappa shape index (κ3) is 3.04. The van der Waals surface area contributed by atoms with E-state index < -0.39 is 27.0 Å². The van der Waals surface area contributed by atoms with Gasteiger partial charge in [0.05, 0.1) is 11.4 Å². The topological polar surface area (TPSA) is 54.4 Å². The number of aliphatic hydroxyl groups excluding tert-OH is 1. The summed E-state index contributed by atoms with van der Waals surface area (Å²) in [7, 11) is -3.82. The number of aliphatic hydroxyl groups is 1. The minimum atomic E-state index is -3.82. The van der Waals surface area contributed by atoms with Crippen LogP contribution in [0.3, 0.4) is 0 Å². The van der Waals surface area contributed by atoms with E-state index in [9.17, 15) is 17.9 Å². The van der Waals surface area contributed by atoms with Crippen LogP contribution in [0.2, 0.25) is 0 Å². The second-order valence-corrected chi connectivity index (χ2v) is 7.68. The van der Waals surface area contributed by atoms with Gasteiger partial charge in [-0.1, -0.05) is 31.9 Å². The zero-order valence-electron chi connectivity index (χ0n) is 11.6. The molecule has 1 aromatic rings. The van der Waals surface area contributed by atoms with Gasteiger partial charge in [-0.05, 0) is 37.3 Å². The average Bonchev–Trinajstić information content (AvgIpc) is 2.41. The maximum atomic E-state index is 13.8. The molecule has 0 aromatic heterocycles. The molecule has 1 saturated carbocycles. The molecule has 3 unspecified atom stereocenters. The molecular formula is C15H21FO3S. The summed E-state index contributed by atoms with van der Waals surface area (Å²) in [6.45, 7) is 2.06. The Kier molecular flexibility index (Phi) is 4.81. The Morgan fingerprint density at radius 1 is 1.30 bits per heavy atom. The molecule has 20 heavy (non-hydrogen) atoms. The smallest absolute Gasteiger partial charge is 0.186 e. The second-order valence-electron chi connectivity index (χ2n) is 5.55. The van der Waals surface area contributed by atoms with Gasteiger partial charge in [0.2, 0.25) is 0 Å². The molecule has 1 aliphatic rings. The van der Waals surface area contributed by atoms with Gasteiger partial charge < -0.3 is 5.11 Å². The highest BCUT2D eigenvalue weighted by Gasteiger charge is 2.39. The first kappa shape index (κ1) is 15.4. The van der Waals surface area contributed by atoms with Gasteiger partial charge in [-0.2, -0.15) is 0 Å². The van der Waals surface area contributed by atoms with Crippen LogP contribution in [-0.4, -0.2) is 24.9 Å². The molecule has 3 nitrogen and oxygen atoms in total. The summed E-state index contributed by atoms with van der Waals surface area (Å²) < 4.78 is 38.9. The van der Waals surface area contributed by atoms with Gasteiger partial charge in [0.1, 0.15) is 10.7 Å². The molecule has 1 N–H and O–H groups in total. The lowest BCUT2D eigenvalue weighted by atomic mass is 9.84. The van der Waals surface area contributed by atoms with Gasteiger partial charge in [-0.3, -0.25) is 0 Å². The zero-order valence-corrected chi connectivity index (χ0v) is 12.4. The van der Waals surface area contributed by atoms with Crippen LogP contribution in [-0.2, 0) is 9.84 Å². The van der Waals surface area contributed by atoms with Gasteiger partial charge >= 0.3 is 0 Å². The van der Waals surface area contributed by atoms with Crippen LogP contribution in [0.1, 0.15) is 39.0 Å². The zero-order chi connectivity index (χ0) is 14.8. The van der Waals surface area contributed by atoms with E-state index in [4.69, 9.17) is 0 Å². The van der Waals surface area contributed by atoms with Gasteiger partial charge in [0, 0.05) is 0 Å². The summed E-state index contributed by atoms with van der Waals surface area (Å²) in [5.41, 5.74) is 0. The Morgan fingerprint density at radius 3 is 2.65 bits per heavy atom. The first-order valence-corrected chi connectivity index (χ1v) is 8.68. The van der Waals surface area contributed by atoms with Crippen LogP contribution in [0.5, 0.6) is 0 Å². The molecule has 0 bridgehead atoms. The third-order valence-corrected chi connectivity index (χ3v) is 6.35. The quantitative estimate of drug-likeness (QED) is 0.930. The van der Waals surface area contributed by atoms with Gasteiger partial charge in [0.15, 0.2) is 9.84 Å². The molecule has 0 saturated heterocycles. The largest absolute Gasteiger partial charge is 0.392 e. The summed E-state index contributed by atoms with van der Waals surface area (Å²) in [6.07, 6.45) is 2.80. The van der Waals surface area contributed by atoms with E-state index in [0.29, 0.717) is 18.8 Å². The maximum absolute atomic E-state index is 13.8. The number of rotatable bonds is 4. The van der Waals surface area contributed by atoms with Crippen molar-refractivity contribution >= 4 is 9.84 Å². The third-order valence-electron chi connectivity index (χ3n) is 4.10. The monoisotopic (exact) mass is 300 g/mol. The lowest BCUT2D eigenvalue weighted by Gasteiger charge is -2.33. The number of hydrogen-bond acceptors (Lipinski definition) is 3. The Balaban J connectivity index is 2.30. The highest BCUT2D eigenvalue weighted by molar-refractivity contribution is 7.92. The Labute approximate surface area is 119 Å². The van der Waals surface area contributed by atoms with E-state index in [2.05, 4.69) is 6.92 Å². The van der Waals surface area contributed by atoms with E-state index >= 15 is 0 Å². The van der Waals surface area contributed by atoms with E-state index in [0.717, 1.165) is 25.3 Å². The minimum Gasteiger partial charge on any atom is -0.392 e. The van der Waals surface area contributed by atoms with Gasteiger partial charge in [-0.25, -0.2) is 12.8 Å². The van der Waals surface area contributed by atoms with Gasteiger partial charge in [0.25, 0.3) is 0 Å². The normalized spacial score (nSPS) is 27.4. The van der Waals surface area contributed by atoms with Crippen molar-refractivity contribution in [3.8, 4) is 0 Å². The standard InChI is InChI=1S/C15H21FO3S/c1-2-5-11-8-9-13(17)15(10-11)20(18,19)14-7-4-3-6-12(14)16/h3-4,6-7,11,13,15,17H,2,5,8-10H2,1H3. The van der Waals surface area contributed by atoms with E-state index in [-0.39, 0.29) is 4.90 Å². The van der Waals surface area contributed by atoms with Crippen LogP contribution in [0.25, 0.3) is 0 Å². The molecule has 3 atom stereocenters. The number of sulfone groups is 1. The Bertz CT molecular complexity index is 556. The molecule has 0 spiro atoms. The van der Waals surface area contributed by atoms with Crippen molar-refractivity contribution in [3.05, 3.63) is 30.1 Å². The fourth-order valence-corrected chi connectivity index (χ4v) is 5.05. The maximum Gasteiger partial charge on any atom is 0.186 e. The Morgan fingerprint density at radius 2 is 2.00 bits per heavy atom. The highest BCUT2D eigenvalue weighted by atomic mass is 32.2. The summed E-state index contributed by atoms with van der Waals surface area (Å²) in [5, 5.41) is 9.16. The molecule has 1 aromatic carbocycles. The predicted molar refractivity (Wildman–Crippen MR) is 75.6 cm³/mol. The first-order valence-electron chi connectivity index (χ1n) is 7.13. The molecule has 1 fully saturated rings. The van der Waals surface area contributed by atoms with Crippen molar-refractivity contribution in [2.45, 2.75) is 55.3 Å². The first-order chi connectivity index (χ1) is 9.46. The van der Waals surface area contributed by atoms with E-state index in [1.54, 1.807) is 0 Å². The molecule has 0 amide bonds. The molecular weight excluding hydrogens is 279 g/mol. The fraction of sp³-hybridized carbons (Fsp3) is 0.600. The molecule has 5 heteroatoms. The lowest BCUT2D eigenvalue weighted by molar-refractivity contribution is 0.109. The van der Waals surface area contributed by atoms with Crippen LogP contribution in [0, 0.1) is 11.7 Å². The summed E-state index contributed by atoms with van der Waals surface area (Å²) in [4.78, 5) is -0.291. The molecule has 0 heterocycles. The molecule has 0 aliphatic heterocycles. The second kappa shape index (κ2) is 6.22. The number of benzene rings is 1. The van der Waals surface area contributed by atoms with Crippen molar-refractivity contribution in [2.24, 2.45) is 5.92 Å². The number of halogens is 1. The summed E-state index contributed by atoms with van der Waals surface area (Å²) >= 11 is 0. The molecule has 0 radical (unpaired) electrons. The molecule has 112 valence electrons. The predicted octanol–water partition coefficient (Wildman–Crippen LogP) is 2.93.